The predicted molar refractivity (Wildman–Crippen MR) is 145 cm³/mol. The van der Waals surface area contributed by atoms with Crippen molar-refractivity contribution < 1.29 is 9.59 Å². The molecule has 3 heteroatoms. The third-order valence-electron chi connectivity index (χ3n) is 13.3. The molecule has 2 saturated heterocycles. The van der Waals surface area contributed by atoms with Crippen molar-refractivity contribution in [1.29, 1.82) is 0 Å². The number of likely N-dealkylation sites (tertiary alicyclic amines) is 2. The summed E-state index contributed by atoms with van der Waals surface area (Å²) in [6.45, 7) is 16.1. The molecule has 6 aliphatic rings. The van der Waals surface area contributed by atoms with Crippen molar-refractivity contribution in [2.75, 3.05) is 32.7 Å². The molecule has 2 aliphatic heterocycles. The van der Waals surface area contributed by atoms with E-state index >= 15 is 0 Å². The van der Waals surface area contributed by atoms with Gasteiger partial charge in [0.05, 0.1) is 31.8 Å². The first-order valence-corrected chi connectivity index (χ1v) is 15.8. The highest BCUT2D eigenvalue weighted by Crippen LogP contribution is 2.67. The zero-order valence-electron chi connectivity index (χ0n) is 23.1. The highest BCUT2D eigenvalue weighted by molar-refractivity contribution is 5.11. The van der Waals surface area contributed by atoms with E-state index in [1.807, 2.05) is 0 Å². The van der Waals surface area contributed by atoms with Crippen LogP contribution in [0, 0.1) is 34.5 Å². The molecular weight excluding hydrogens is 428 g/mol. The minimum absolute atomic E-state index is 0.0881. The first-order chi connectivity index (χ1) is 16.9. The van der Waals surface area contributed by atoms with Crippen LogP contribution in [0.1, 0.15) is 104 Å². The molecule has 0 spiro atoms. The van der Waals surface area contributed by atoms with Crippen LogP contribution in [-0.2, 0) is 0 Å². The summed E-state index contributed by atoms with van der Waals surface area (Å²) in [6, 6.07) is 1.30. The Morgan fingerprint density at radius 3 is 2.40 bits per heavy atom. The molecule has 0 radical (unpaired) electrons. The molecule has 3 nitrogen and oxygen atoms in total. The second kappa shape index (κ2) is 9.42. The number of hydrogen-bond donors (Lipinski definition) is 1. The predicted octanol–water partition coefficient (Wildman–Crippen LogP) is 6.41. The summed E-state index contributed by atoms with van der Waals surface area (Å²) in [5, 5.41) is 11.3. The zero-order valence-corrected chi connectivity index (χ0v) is 23.1. The maximum absolute atomic E-state index is 11.3. The Labute approximate surface area is 216 Å². The van der Waals surface area contributed by atoms with Crippen LogP contribution in [0.15, 0.2) is 12.7 Å². The monoisotopic (exact) mass is 483 g/mol. The van der Waals surface area contributed by atoms with E-state index in [9.17, 15) is 5.11 Å². The smallest absolute Gasteiger partial charge is 0.0973 e. The zero-order chi connectivity index (χ0) is 24.3. The largest absolute Gasteiger partial charge is 0.391 e. The summed E-state index contributed by atoms with van der Waals surface area (Å²) in [5.74, 6) is 3.52. The van der Waals surface area contributed by atoms with Crippen molar-refractivity contribution in [3.8, 4) is 0 Å². The molecule has 0 aromatic heterocycles. The molecular formula is C32H55N2O+. The molecule has 9 unspecified atom stereocenters. The molecule has 198 valence electrons. The third kappa shape index (κ3) is 4.09. The minimum atomic E-state index is -0.0881. The number of aliphatic hydroxyl groups excluding tert-OH is 1. The Morgan fingerprint density at radius 2 is 1.66 bits per heavy atom. The molecule has 1 N–H and O–H groups in total. The van der Waals surface area contributed by atoms with Gasteiger partial charge in [-0.3, -0.25) is 4.90 Å². The minimum Gasteiger partial charge on any atom is -0.391 e. The van der Waals surface area contributed by atoms with E-state index in [0.717, 1.165) is 36.1 Å². The fourth-order valence-electron chi connectivity index (χ4n) is 11.4. The Balaban J connectivity index is 1.24. The second-order valence-electron chi connectivity index (χ2n) is 14.8. The normalized spacial score (nSPS) is 50.1. The molecule has 6 fully saturated rings. The van der Waals surface area contributed by atoms with Crippen LogP contribution < -0.4 is 0 Å². The van der Waals surface area contributed by atoms with Gasteiger partial charge in [-0.2, -0.15) is 0 Å². The SMILES string of the molecule is C=CC[N+]1(C2CC3C4CCC5CC(O)C(N6CCCCC6)CC5(C)C4CCC3(C)C2)CCCCC1. The summed E-state index contributed by atoms with van der Waals surface area (Å²) in [6.07, 6.45) is 21.6. The van der Waals surface area contributed by atoms with Crippen LogP contribution in [0.2, 0.25) is 0 Å². The molecule has 9 atom stereocenters. The Morgan fingerprint density at radius 1 is 0.914 bits per heavy atom. The van der Waals surface area contributed by atoms with Crippen LogP contribution in [0.4, 0.5) is 0 Å². The fraction of sp³-hybridized carbons (Fsp3) is 0.938. The number of piperidine rings is 2. The molecule has 4 saturated carbocycles. The summed E-state index contributed by atoms with van der Waals surface area (Å²) in [7, 11) is 0. The lowest BCUT2D eigenvalue weighted by Crippen LogP contribution is -2.60. The van der Waals surface area contributed by atoms with E-state index in [0.29, 0.717) is 16.9 Å². The van der Waals surface area contributed by atoms with Crippen molar-refractivity contribution in [1.82, 2.24) is 4.90 Å². The van der Waals surface area contributed by atoms with Crippen molar-refractivity contribution in [2.45, 2.75) is 122 Å². The van der Waals surface area contributed by atoms with E-state index in [2.05, 4.69) is 31.4 Å². The van der Waals surface area contributed by atoms with Gasteiger partial charge in [0.2, 0.25) is 0 Å². The molecule has 2 heterocycles. The quantitative estimate of drug-likeness (QED) is 0.369. The summed E-state index contributed by atoms with van der Waals surface area (Å²) in [4.78, 5) is 2.71. The molecule has 0 aromatic carbocycles. The van der Waals surface area contributed by atoms with Gasteiger partial charge in [-0.1, -0.05) is 26.8 Å². The van der Waals surface area contributed by atoms with Gasteiger partial charge in [0, 0.05) is 18.9 Å². The number of aliphatic hydroxyl groups is 1. The molecule has 0 amide bonds. The fourth-order valence-corrected chi connectivity index (χ4v) is 11.4. The van der Waals surface area contributed by atoms with Crippen molar-refractivity contribution in [3.05, 3.63) is 12.7 Å². The van der Waals surface area contributed by atoms with Gasteiger partial charge < -0.3 is 9.59 Å². The van der Waals surface area contributed by atoms with Crippen LogP contribution >= 0.6 is 0 Å². The Hall–Kier alpha value is -0.380. The van der Waals surface area contributed by atoms with Gasteiger partial charge in [-0.25, -0.2) is 0 Å². The van der Waals surface area contributed by atoms with Gasteiger partial charge in [-0.05, 0) is 124 Å². The van der Waals surface area contributed by atoms with Crippen LogP contribution in [0.25, 0.3) is 0 Å². The number of quaternary nitrogens is 1. The number of nitrogens with zero attached hydrogens (tertiary/aromatic N) is 2. The lowest BCUT2D eigenvalue weighted by atomic mass is 9.44. The maximum Gasteiger partial charge on any atom is 0.0973 e. The van der Waals surface area contributed by atoms with Crippen LogP contribution in [-0.4, -0.2) is 65.4 Å². The van der Waals surface area contributed by atoms with Crippen LogP contribution in [0.3, 0.4) is 0 Å². The lowest BCUT2D eigenvalue weighted by Gasteiger charge is -2.62. The summed E-state index contributed by atoms with van der Waals surface area (Å²) >= 11 is 0. The molecule has 0 bridgehead atoms. The average molecular weight is 484 g/mol. The number of rotatable bonds is 4. The first-order valence-electron chi connectivity index (χ1n) is 15.8. The molecule has 0 aromatic rings. The van der Waals surface area contributed by atoms with Gasteiger partial charge in [0.25, 0.3) is 0 Å². The standard InChI is InChI=1S/C32H55N2O/c1-4-17-34(18-9-6-10-19-34)25-21-28-26-12-11-24-20-30(35)29(33-15-7-5-8-16-33)23-32(24,3)27(26)13-14-31(28,2)22-25/h4,24-30,35H,1,5-23H2,2-3H3/q+1. The van der Waals surface area contributed by atoms with Gasteiger partial charge in [0.1, 0.15) is 0 Å². The first kappa shape index (κ1) is 24.9. The van der Waals surface area contributed by atoms with E-state index < -0.39 is 0 Å². The maximum atomic E-state index is 11.3. The highest BCUT2D eigenvalue weighted by Gasteiger charge is 2.62. The van der Waals surface area contributed by atoms with E-state index in [1.54, 1.807) is 0 Å². The number of fused-ring (bicyclic) bond motifs is 5. The average Bonchev–Trinajstić information content (AvgIpc) is 3.24. The molecule has 35 heavy (non-hydrogen) atoms. The van der Waals surface area contributed by atoms with Gasteiger partial charge >= 0.3 is 0 Å². The summed E-state index contributed by atoms with van der Waals surface area (Å²) < 4.78 is 1.37. The van der Waals surface area contributed by atoms with E-state index in [4.69, 9.17) is 0 Å². The third-order valence-corrected chi connectivity index (χ3v) is 13.3. The number of hydrogen-bond acceptors (Lipinski definition) is 2. The van der Waals surface area contributed by atoms with Gasteiger partial charge in [-0.15, -0.1) is 0 Å². The highest BCUT2D eigenvalue weighted by atomic mass is 16.3. The van der Waals surface area contributed by atoms with E-state index in [-0.39, 0.29) is 6.10 Å². The van der Waals surface area contributed by atoms with Crippen LogP contribution in [0.5, 0.6) is 0 Å². The van der Waals surface area contributed by atoms with E-state index in [1.165, 1.54) is 121 Å². The Kier molecular flexibility index (Phi) is 6.71. The molecule has 6 rings (SSSR count). The summed E-state index contributed by atoms with van der Waals surface area (Å²) in [5.41, 5.74) is 1.02. The second-order valence-corrected chi connectivity index (χ2v) is 14.8. The van der Waals surface area contributed by atoms with Crippen molar-refractivity contribution in [2.24, 2.45) is 34.5 Å². The molecule has 4 aliphatic carbocycles. The van der Waals surface area contributed by atoms with Crippen molar-refractivity contribution in [3.63, 3.8) is 0 Å². The van der Waals surface area contributed by atoms with Gasteiger partial charge in [0.15, 0.2) is 0 Å². The lowest BCUT2D eigenvalue weighted by molar-refractivity contribution is -0.950. The van der Waals surface area contributed by atoms with Crippen molar-refractivity contribution >= 4 is 0 Å². The topological polar surface area (TPSA) is 23.5 Å². The Bertz CT molecular complexity index is 770.